The van der Waals surface area contributed by atoms with Gasteiger partial charge in [-0.25, -0.2) is 9.78 Å². The molecule has 3 rings (SSSR count). The van der Waals surface area contributed by atoms with Crippen molar-refractivity contribution in [3.63, 3.8) is 0 Å². The summed E-state index contributed by atoms with van der Waals surface area (Å²) in [4.78, 5) is 40.7. The molecule has 25 heavy (non-hydrogen) atoms. The van der Waals surface area contributed by atoms with Crippen LogP contribution in [-0.2, 0) is 16.1 Å². The largest absolute Gasteiger partial charge is 0.465 e. The number of nitrogens with one attached hydrogen (secondary N) is 1. The molecule has 0 atom stereocenters. The molecule has 128 valence electrons. The van der Waals surface area contributed by atoms with E-state index in [2.05, 4.69) is 15.0 Å². The molecule has 0 unspecified atom stereocenters. The molecule has 0 aliphatic rings. The molecule has 2 heterocycles. The van der Waals surface area contributed by atoms with Crippen molar-refractivity contribution in [2.24, 2.45) is 0 Å². The molecule has 1 amide bonds. The van der Waals surface area contributed by atoms with Gasteiger partial charge in [-0.2, -0.15) is 0 Å². The van der Waals surface area contributed by atoms with E-state index < -0.39 is 11.9 Å². The maximum atomic E-state index is 12.5. The van der Waals surface area contributed by atoms with E-state index in [0.29, 0.717) is 15.9 Å². The minimum atomic E-state index is -0.531. The van der Waals surface area contributed by atoms with Crippen molar-refractivity contribution in [1.82, 2.24) is 9.55 Å². The molecule has 0 saturated heterocycles. The Labute approximate surface area is 146 Å². The number of anilines is 1. The lowest BCUT2D eigenvalue weighted by molar-refractivity contribution is -0.116. The van der Waals surface area contributed by atoms with E-state index in [0.717, 1.165) is 5.56 Å². The molecule has 0 aliphatic heterocycles. The van der Waals surface area contributed by atoms with Gasteiger partial charge in [-0.05, 0) is 30.0 Å². The van der Waals surface area contributed by atoms with Crippen LogP contribution >= 0.6 is 11.3 Å². The number of carbonyl (C=O) groups excluding carboxylic acids is 2. The first-order chi connectivity index (χ1) is 12.0. The van der Waals surface area contributed by atoms with E-state index in [1.54, 1.807) is 23.6 Å². The zero-order chi connectivity index (χ0) is 18.0. The summed E-state index contributed by atoms with van der Waals surface area (Å²) in [5.74, 6) is -0.958. The van der Waals surface area contributed by atoms with Crippen LogP contribution in [0.5, 0.6) is 0 Å². The molecule has 1 N–H and O–H groups in total. The normalized spacial score (nSPS) is 10.6. The zero-order valence-electron chi connectivity index (χ0n) is 13.6. The highest BCUT2D eigenvalue weighted by molar-refractivity contribution is 7.14. The summed E-state index contributed by atoms with van der Waals surface area (Å²) in [7, 11) is 1.27. The molecular formula is C17H15N3O4S. The molecule has 0 fully saturated rings. The van der Waals surface area contributed by atoms with Crippen molar-refractivity contribution in [2.75, 3.05) is 12.4 Å². The lowest BCUT2D eigenvalue weighted by Gasteiger charge is -2.08. The number of carbonyl (C=O) groups is 2. The number of amides is 1. The smallest absolute Gasteiger partial charge is 0.340 e. The number of para-hydroxylation sites is 1. The van der Waals surface area contributed by atoms with Crippen LogP contribution in [-0.4, -0.2) is 28.5 Å². The van der Waals surface area contributed by atoms with E-state index in [-0.39, 0.29) is 17.7 Å². The average molecular weight is 357 g/mol. The molecule has 2 aromatic heterocycles. The number of esters is 1. The Balaban J connectivity index is 1.84. The van der Waals surface area contributed by atoms with Crippen molar-refractivity contribution in [1.29, 1.82) is 0 Å². The highest BCUT2D eigenvalue weighted by Crippen LogP contribution is 2.23. The summed E-state index contributed by atoms with van der Waals surface area (Å²) in [6, 6.07) is 6.90. The molecule has 0 radical (unpaired) electrons. The fraction of sp³-hybridized carbons (Fsp3) is 0.176. The van der Waals surface area contributed by atoms with E-state index >= 15 is 0 Å². The van der Waals surface area contributed by atoms with Crippen LogP contribution in [0.1, 0.15) is 15.9 Å². The lowest BCUT2D eigenvalue weighted by atomic mass is 10.1. The van der Waals surface area contributed by atoms with Gasteiger partial charge in [-0.3, -0.25) is 14.2 Å². The topological polar surface area (TPSA) is 90.3 Å². The van der Waals surface area contributed by atoms with E-state index in [1.807, 2.05) is 13.0 Å². The number of benzene rings is 1. The van der Waals surface area contributed by atoms with Gasteiger partial charge in [0.1, 0.15) is 11.5 Å². The van der Waals surface area contributed by atoms with Gasteiger partial charge < -0.3 is 10.1 Å². The number of hydrogen-bond donors (Lipinski definition) is 1. The summed E-state index contributed by atoms with van der Waals surface area (Å²) in [5.41, 5.74) is 1.51. The molecule has 0 bridgehead atoms. The third-order valence-electron chi connectivity index (χ3n) is 3.69. The number of methoxy groups -OCH3 is 1. The Morgan fingerprint density at radius 1 is 1.32 bits per heavy atom. The first-order valence-electron chi connectivity index (χ1n) is 7.41. The number of rotatable bonds is 4. The van der Waals surface area contributed by atoms with Crippen molar-refractivity contribution in [2.45, 2.75) is 13.5 Å². The van der Waals surface area contributed by atoms with Crippen molar-refractivity contribution in [3.8, 4) is 0 Å². The van der Waals surface area contributed by atoms with Crippen LogP contribution in [0.3, 0.4) is 0 Å². The van der Waals surface area contributed by atoms with Crippen LogP contribution in [0, 0.1) is 6.92 Å². The Hall–Kier alpha value is -3.00. The van der Waals surface area contributed by atoms with Crippen LogP contribution in [0.2, 0.25) is 0 Å². The molecule has 0 aliphatic carbocycles. The highest BCUT2D eigenvalue weighted by Gasteiger charge is 2.16. The molecule has 1 aromatic carbocycles. The monoisotopic (exact) mass is 357 g/mol. The first-order valence-corrected chi connectivity index (χ1v) is 8.29. The maximum Gasteiger partial charge on any atom is 0.340 e. The van der Waals surface area contributed by atoms with Gasteiger partial charge in [0.15, 0.2) is 0 Å². The Bertz CT molecular complexity index is 1020. The van der Waals surface area contributed by atoms with Crippen LogP contribution in [0.25, 0.3) is 10.9 Å². The van der Waals surface area contributed by atoms with Crippen molar-refractivity contribution < 1.29 is 14.3 Å². The lowest BCUT2D eigenvalue weighted by Crippen LogP contribution is -2.28. The Morgan fingerprint density at radius 2 is 2.12 bits per heavy atom. The van der Waals surface area contributed by atoms with Gasteiger partial charge in [0.25, 0.3) is 5.56 Å². The predicted molar refractivity (Wildman–Crippen MR) is 95.0 cm³/mol. The fourth-order valence-corrected chi connectivity index (χ4v) is 3.24. The Kier molecular flexibility index (Phi) is 4.62. The van der Waals surface area contributed by atoms with Crippen LogP contribution < -0.4 is 10.9 Å². The van der Waals surface area contributed by atoms with Crippen LogP contribution in [0.15, 0.2) is 40.8 Å². The number of thiophene rings is 1. The highest BCUT2D eigenvalue weighted by atomic mass is 32.1. The maximum absolute atomic E-state index is 12.5. The number of aryl methyl sites for hydroxylation is 1. The number of ether oxygens (including phenoxy) is 1. The summed E-state index contributed by atoms with van der Waals surface area (Å²) in [5, 5.41) is 5.15. The number of hydrogen-bond acceptors (Lipinski definition) is 6. The summed E-state index contributed by atoms with van der Waals surface area (Å²) >= 11 is 1.21. The molecule has 8 heteroatoms. The molecule has 7 nitrogen and oxygen atoms in total. The SMILES string of the molecule is COC(=O)c1ccsc1NC(=O)Cn1cnc2c(C)cccc2c1=O. The van der Waals surface area contributed by atoms with Gasteiger partial charge >= 0.3 is 5.97 Å². The quantitative estimate of drug-likeness (QED) is 0.723. The third-order valence-corrected chi connectivity index (χ3v) is 4.52. The Morgan fingerprint density at radius 3 is 2.88 bits per heavy atom. The van der Waals surface area contributed by atoms with Gasteiger partial charge in [0.2, 0.25) is 5.91 Å². The van der Waals surface area contributed by atoms with E-state index in [1.165, 1.54) is 29.3 Å². The third kappa shape index (κ3) is 3.29. The number of fused-ring (bicyclic) bond motifs is 1. The minimum Gasteiger partial charge on any atom is -0.465 e. The standard InChI is InChI=1S/C17H15N3O4S/c1-10-4-3-5-11-14(10)18-9-20(16(11)22)8-13(21)19-15-12(6-7-25-15)17(23)24-2/h3-7,9H,8H2,1-2H3,(H,19,21). The van der Waals surface area contributed by atoms with E-state index in [9.17, 15) is 14.4 Å². The van der Waals surface area contributed by atoms with Gasteiger partial charge in [-0.15, -0.1) is 11.3 Å². The van der Waals surface area contributed by atoms with Crippen LogP contribution in [0.4, 0.5) is 5.00 Å². The van der Waals surface area contributed by atoms with Crippen molar-refractivity contribution in [3.05, 3.63) is 57.5 Å². The summed E-state index contributed by atoms with van der Waals surface area (Å²) < 4.78 is 5.90. The second-order valence-corrected chi connectivity index (χ2v) is 6.27. The van der Waals surface area contributed by atoms with E-state index in [4.69, 9.17) is 0 Å². The zero-order valence-corrected chi connectivity index (χ0v) is 14.4. The molecule has 0 saturated carbocycles. The molecular weight excluding hydrogens is 342 g/mol. The van der Waals surface area contributed by atoms with Gasteiger partial charge in [0, 0.05) is 0 Å². The average Bonchev–Trinajstić information content (AvgIpc) is 3.05. The minimum absolute atomic E-state index is 0.200. The van der Waals surface area contributed by atoms with Crippen molar-refractivity contribution >= 4 is 39.1 Å². The predicted octanol–water partition coefficient (Wildman–Crippen LogP) is 2.19. The molecule has 3 aromatic rings. The fourth-order valence-electron chi connectivity index (χ4n) is 2.45. The summed E-state index contributed by atoms with van der Waals surface area (Å²) in [6.45, 7) is 1.67. The first kappa shape index (κ1) is 16.8. The van der Waals surface area contributed by atoms with Gasteiger partial charge in [0.05, 0.1) is 29.9 Å². The summed E-state index contributed by atoms with van der Waals surface area (Å²) in [6.07, 6.45) is 1.35. The number of nitrogens with zero attached hydrogens (tertiary/aromatic N) is 2. The second-order valence-electron chi connectivity index (χ2n) is 5.35. The number of aromatic nitrogens is 2. The molecule has 0 spiro atoms. The second kappa shape index (κ2) is 6.86. The van der Waals surface area contributed by atoms with Gasteiger partial charge in [-0.1, -0.05) is 12.1 Å².